The van der Waals surface area contributed by atoms with E-state index in [9.17, 15) is 14.7 Å². The minimum Gasteiger partial charge on any atom is -0.508 e. The summed E-state index contributed by atoms with van der Waals surface area (Å²) >= 11 is 0. The molecule has 0 saturated carbocycles. The van der Waals surface area contributed by atoms with Crippen molar-refractivity contribution in [3.05, 3.63) is 47.3 Å². The monoisotopic (exact) mass is 354 g/mol. The van der Waals surface area contributed by atoms with Gasteiger partial charge in [0.05, 0.1) is 5.69 Å². The molecule has 7 nitrogen and oxygen atoms in total. The fourth-order valence-corrected chi connectivity index (χ4v) is 3.71. The highest BCUT2D eigenvalue weighted by atomic mass is 16.3. The molecule has 4 rings (SSSR count). The summed E-state index contributed by atoms with van der Waals surface area (Å²) in [4.78, 5) is 26.7. The quantitative estimate of drug-likeness (QED) is 0.828. The minimum atomic E-state index is -0.697. The highest BCUT2D eigenvalue weighted by Crippen LogP contribution is 2.30. The molecule has 2 aliphatic rings. The Kier molecular flexibility index (Phi) is 3.94. The van der Waals surface area contributed by atoms with E-state index in [1.54, 1.807) is 12.1 Å². The molecule has 1 aromatic heterocycles. The van der Waals surface area contributed by atoms with Crippen molar-refractivity contribution in [3.63, 3.8) is 0 Å². The Morgan fingerprint density at radius 3 is 2.65 bits per heavy atom. The SMILES string of the molecule is CC(C)n1cc2c(n1)CC(N1C(=O)N[C@H](c3ccc(O)cc3)C1=O)CC2. The number of rotatable bonds is 3. The molecule has 1 unspecified atom stereocenters. The lowest BCUT2D eigenvalue weighted by Crippen LogP contribution is -2.43. The van der Waals surface area contributed by atoms with E-state index < -0.39 is 6.04 Å². The van der Waals surface area contributed by atoms with Crippen molar-refractivity contribution in [1.29, 1.82) is 0 Å². The number of aryl methyl sites for hydroxylation is 1. The average Bonchev–Trinajstić information content (AvgIpc) is 3.16. The molecule has 3 amide bonds. The summed E-state index contributed by atoms with van der Waals surface area (Å²) in [6.45, 7) is 4.16. The number of phenols is 1. The van der Waals surface area contributed by atoms with Crippen LogP contribution in [0, 0.1) is 0 Å². The molecule has 1 saturated heterocycles. The van der Waals surface area contributed by atoms with Crippen molar-refractivity contribution < 1.29 is 14.7 Å². The van der Waals surface area contributed by atoms with Gasteiger partial charge in [0.2, 0.25) is 0 Å². The number of imide groups is 1. The topological polar surface area (TPSA) is 87.5 Å². The Balaban J connectivity index is 1.55. The van der Waals surface area contributed by atoms with Crippen LogP contribution in [0.25, 0.3) is 0 Å². The zero-order valence-electron chi connectivity index (χ0n) is 14.8. The first-order chi connectivity index (χ1) is 12.4. The summed E-state index contributed by atoms with van der Waals surface area (Å²) in [6, 6.07) is 5.41. The highest BCUT2D eigenvalue weighted by molar-refractivity contribution is 6.05. The maximum atomic E-state index is 12.9. The van der Waals surface area contributed by atoms with Gasteiger partial charge in [-0.1, -0.05) is 12.1 Å². The molecule has 0 radical (unpaired) electrons. The van der Waals surface area contributed by atoms with Gasteiger partial charge in [-0.05, 0) is 49.9 Å². The Morgan fingerprint density at radius 2 is 1.96 bits per heavy atom. The van der Waals surface area contributed by atoms with Gasteiger partial charge in [0.1, 0.15) is 11.8 Å². The Hall–Kier alpha value is -2.83. The van der Waals surface area contributed by atoms with Crippen molar-refractivity contribution in [1.82, 2.24) is 20.0 Å². The number of hydrogen-bond acceptors (Lipinski definition) is 4. The maximum Gasteiger partial charge on any atom is 0.325 e. The van der Waals surface area contributed by atoms with Gasteiger partial charge >= 0.3 is 6.03 Å². The normalized spacial score (nSPS) is 22.7. The summed E-state index contributed by atoms with van der Waals surface area (Å²) in [5.41, 5.74) is 2.85. The lowest BCUT2D eigenvalue weighted by molar-refractivity contribution is -0.129. The molecule has 136 valence electrons. The molecule has 2 aromatic rings. The molecule has 26 heavy (non-hydrogen) atoms. The second kappa shape index (κ2) is 6.16. The smallest absolute Gasteiger partial charge is 0.325 e. The van der Waals surface area contributed by atoms with E-state index in [2.05, 4.69) is 30.5 Å². The number of benzene rings is 1. The van der Waals surface area contributed by atoms with Crippen molar-refractivity contribution in [2.75, 3.05) is 0 Å². The lowest BCUT2D eigenvalue weighted by Gasteiger charge is -2.28. The highest BCUT2D eigenvalue weighted by Gasteiger charge is 2.43. The van der Waals surface area contributed by atoms with Gasteiger partial charge < -0.3 is 10.4 Å². The summed E-state index contributed by atoms with van der Waals surface area (Å²) in [7, 11) is 0. The first kappa shape index (κ1) is 16.6. The summed E-state index contributed by atoms with van der Waals surface area (Å²) < 4.78 is 1.94. The van der Waals surface area contributed by atoms with Crippen molar-refractivity contribution in [3.8, 4) is 5.75 Å². The predicted octanol–water partition coefficient (Wildman–Crippen LogP) is 2.32. The van der Waals surface area contributed by atoms with Gasteiger partial charge in [-0.25, -0.2) is 4.79 Å². The van der Waals surface area contributed by atoms with E-state index in [1.807, 2.05) is 4.68 Å². The maximum absolute atomic E-state index is 12.9. The van der Waals surface area contributed by atoms with Gasteiger partial charge in [0, 0.05) is 24.7 Å². The molecule has 0 spiro atoms. The van der Waals surface area contributed by atoms with Crippen molar-refractivity contribution >= 4 is 11.9 Å². The van der Waals surface area contributed by atoms with Crippen LogP contribution < -0.4 is 5.32 Å². The Bertz CT molecular complexity index is 856. The van der Waals surface area contributed by atoms with Gasteiger partial charge in [-0.2, -0.15) is 5.10 Å². The van der Waals surface area contributed by atoms with Crippen LogP contribution in [0.1, 0.15) is 49.2 Å². The first-order valence-corrected chi connectivity index (χ1v) is 8.93. The second-order valence-electron chi connectivity index (χ2n) is 7.25. The number of urea groups is 1. The van der Waals surface area contributed by atoms with E-state index >= 15 is 0 Å². The largest absolute Gasteiger partial charge is 0.508 e. The Morgan fingerprint density at radius 1 is 1.23 bits per heavy atom. The summed E-state index contributed by atoms with van der Waals surface area (Å²) in [5.74, 6) is -0.111. The molecule has 1 fully saturated rings. The molecule has 1 aliphatic carbocycles. The van der Waals surface area contributed by atoms with Crippen LogP contribution in [-0.2, 0) is 17.6 Å². The number of nitrogens with zero attached hydrogens (tertiary/aromatic N) is 3. The first-order valence-electron chi connectivity index (χ1n) is 8.93. The third kappa shape index (κ3) is 2.73. The molecule has 1 aliphatic heterocycles. The number of amides is 3. The zero-order chi connectivity index (χ0) is 18.4. The predicted molar refractivity (Wildman–Crippen MR) is 94.7 cm³/mol. The number of phenolic OH excluding ortho intramolecular Hbond substituents is 1. The van der Waals surface area contributed by atoms with Crippen LogP contribution in [0.3, 0.4) is 0 Å². The number of carbonyl (C=O) groups is 2. The van der Waals surface area contributed by atoms with Crippen LogP contribution in [0.15, 0.2) is 30.5 Å². The van der Waals surface area contributed by atoms with Crippen LogP contribution in [0.2, 0.25) is 0 Å². The standard InChI is InChI=1S/C19H22N4O3/c1-11(2)22-10-13-3-6-14(9-16(13)21-22)23-18(25)17(20-19(23)26)12-4-7-15(24)8-5-12/h4-5,7-8,10-11,14,17,24H,3,6,9H2,1-2H3,(H,20,26)/t14?,17-/m1/s1. The van der Waals surface area contributed by atoms with E-state index in [0.717, 1.165) is 18.5 Å². The molecule has 1 aromatic carbocycles. The molecular formula is C19H22N4O3. The fraction of sp³-hybridized carbons (Fsp3) is 0.421. The average molecular weight is 354 g/mol. The lowest BCUT2D eigenvalue weighted by atomic mass is 9.92. The van der Waals surface area contributed by atoms with Gasteiger partial charge in [-0.15, -0.1) is 0 Å². The molecule has 2 atom stereocenters. The van der Waals surface area contributed by atoms with Gasteiger partial charge in [0.25, 0.3) is 5.91 Å². The van der Waals surface area contributed by atoms with Gasteiger partial charge in [0.15, 0.2) is 0 Å². The zero-order valence-corrected chi connectivity index (χ0v) is 14.8. The van der Waals surface area contributed by atoms with Crippen LogP contribution in [0.5, 0.6) is 5.75 Å². The number of carbonyl (C=O) groups excluding carboxylic acids is 2. The third-order valence-corrected chi connectivity index (χ3v) is 5.16. The molecule has 7 heteroatoms. The number of aromatic nitrogens is 2. The van der Waals surface area contributed by atoms with Gasteiger partial charge in [-0.3, -0.25) is 14.4 Å². The Labute approximate surface area is 151 Å². The van der Waals surface area contributed by atoms with Crippen LogP contribution >= 0.6 is 0 Å². The number of nitrogens with one attached hydrogen (secondary N) is 1. The minimum absolute atomic E-state index is 0.128. The third-order valence-electron chi connectivity index (χ3n) is 5.16. The summed E-state index contributed by atoms with van der Waals surface area (Å²) in [5, 5.41) is 16.8. The number of aromatic hydroxyl groups is 1. The van der Waals surface area contributed by atoms with E-state index in [4.69, 9.17) is 0 Å². The number of hydrogen-bond donors (Lipinski definition) is 2. The fourth-order valence-electron chi connectivity index (χ4n) is 3.71. The van der Waals surface area contributed by atoms with E-state index in [0.29, 0.717) is 12.0 Å². The molecule has 0 bridgehead atoms. The van der Waals surface area contributed by atoms with Crippen molar-refractivity contribution in [2.45, 2.75) is 51.2 Å². The van der Waals surface area contributed by atoms with E-state index in [1.165, 1.54) is 22.6 Å². The molecule has 2 heterocycles. The molecular weight excluding hydrogens is 332 g/mol. The van der Waals surface area contributed by atoms with Crippen molar-refractivity contribution in [2.24, 2.45) is 0 Å². The second-order valence-corrected chi connectivity index (χ2v) is 7.25. The summed E-state index contributed by atoms with van der Waals surface area (Å²) in [6.07, 6.45) is 4.23. The van der Waals surface area contributed by atoms with E-state index in [-0.39, 0.29) is 29.8 Å². The molecule has 2 N–H and O–H groups in total. The van der Waals surface area contributed by atoms with Crippen LogP contribution in [0.4, 0.5) is 4.79 Å². The number of fused-ring (bicyclic) bond motifs is 1. The van der Waals surface area contributed by atoms with Crippen LogP contribution in [-0.4, -0.2) is 37.8 Å².